The third-order valence-corrected chi connectivity index (χ3v) is 6.64. The van der Waals surface area contributed by atoms with Crippen LogP contribution in [0.1, 0.15) is 56.3 Å². The third-order valence-electron chi connectivity index (χ3n) is 6.64. The molecule has 0 amide bonds. The van der Waals surface area contributed by atoms with Gasteiger partial charge < -0.3 is 10.2 Å². The van der Waals surface area contributed by atoms with Gasteiger partial charge in [0.2, 0.25) is 0 Å². The second-order valence-electron chi connectivity index (χ2n) is 9.04. The molecule has 1 N–H and O–H groups in total. The molecule has 2 heterocycles. The predicted octanol–water partition coefficient (Wildman–Crippen LogP) is 4.91. The molecule has 0 bridgehead atoms. The molecule has 4 nitrogen and oxygen atoms in total. The number of aromatic nitrogens is 2. The highest BCUT2D eigenvalue weighted by Crippen LogP contribution is 2.40. The van der Waals surface area contributed by atoms with Crippen molar-refractivity contribution in [2.24, 2.45) is 0 Å². The van der Waals surface area contributed by atoms with E-state index in [0.717, 1.165) is 26.1 Å². The van der Waals surface area contributed by atoms with Gasteiger partial charge in [0, 0.05) is 48.7 Å². The normalized spacial score (nSPS) is 20.4. The molecule has 1 saturated heterocycles. The van der Waals surface area contributed by atoms with Crippen LogP contribution < -0.4 is 10.2 Å². The van der Waals surface area contributed by atoms with Crippen LogP contribution in [0.5, 0.6) is 0 Å². The van der Waals surface area contributed by atoms with Crippen molar-refractivity contribution in [3.63, 3.8) is 0 Å². The summed E-state index contributed by atoms with van der Waals surface area (Å²) >= 11 is 0. The molecule has 1 saturated carbocycles. The summed E-state index contributed by atoms with van der Waals surface area (Å²) < 4.78 is 2.22. The van der Waals surface area contributed by atoms with Crippen LogP contribution in [-0.4, -0.2) is 35.5 Å². The number of benzene rings is 2. The summed E-state index contributed by atoms with van der Waals surface area (Å²) in [7, 11) is 0. The summed E-state index contributed by atoms with van der Waals surface area (Å²) in [5.74, 6) is 0.654. The monoisotopic (exact) mass is 388 g/mol. The molecule has 1 unspecified atom stereocenters. The average molecular weight is 389 g/mol. The van der Waals surface area contributed by atoms with Crippen LogP contribution in [0.4, 0.5) is 5.69 Å². The van der Waals surface area contributed by atoms with E-state index in [4.69, 9.17) is 5.10 Å². The topological polar surface area (TPSA) is 33.1 Å². The standard InChI is InChI=1S/C25H32N4/c1-18(2)29-24-12-11-22(16-23(24)25(27-29)20-9-6-10-20)28-14-13-26-21(17-28)15-19-7-4-3-5-8-19/h3-5,7-8,11-12,16,18,20-21,26H,6,9-10,13-15,17H2,1-2H3. The molecule has 1 aliphatic carbocycles. The molecule has 1 atom stereocenters. The van der Waals surface area contributed by atoms with E-state index in [1.165, 1.54) is 47.1 Å². The summed E-state index contributed by atoms with van der Waals surface area (Å²) in [6.07, 6.45) is 5.01. The first-order chi connectivity index (χ1) is 14.2. The van der Waals surface area contributed by atoms with E-state index < -0.39 is 0 Å². The van der Waals surface area contributed by atoms with Gasteiger partial charge in [-0.15, -0.1) is 0 Å². The summed E-state index contributed by atoms with van der Waals surface area (Å²) in [6.45, 7) is 7.62. The quantitative estimate of drug-likeness (QED) is 0.674. The van der Waals surface area contributed by atoms with Gasteiger partial charge in [0.1, 0.15) is 0 Å². The molecule has 1 aromatic heterocycles. The van der Waals surface area contributed by atoms with Gasteiger partial charge in [-0.2, -0.15) is 5.10 Å². The fourth-order valence-electron chi connectivity index (χ4n) is 4.82. The lowest BCUT2D eigenvalue weighted by Gasteiger charge is -2.35. The summed E-state index contributed by atoms with van der Waals surface area (Å²) in [4.78, 5) is 2.56. The Morgan fingerprint density at radius 3 is 2.66 bits per heavy atom. The Morgan fingerprint density at radius 1 is 1.10 bits per heavy atom. The molecule has 0 spiro atoms. The lowest BCUT2D eigenvalue weighted by Crippen LogP contribution is -2.51. The van der Waals surface area contributed by atoms with Crippen LogP contribution in [0.2, 0.25) is 0 Å². The van der Waals surface area contributed by atoms with E-state index in [-0.39, 0.29) is 0 Å². The van der Waals surface area contributed by atoms with E-state index >= 15 is 0 Å². The lowest BCUT2D eigenvalue weighted by molar-refractivity contribution is 0.404. The Bertz CT molecular complexity index is 971. The summed E-state index contributed by atoms with van der Waals surface area (Å²) in [5.41, 5.74) is 5.38. The number of piperazine rings is 1. The number of hydrogen-bond donors (Lipinski definition) is 1. The number of rotatable bonds is 5. The van der Waals surface area contributed by atoms with Crippen molar-refractivity contribution in [3.8, 4) is 0 Å². The molecule has 29 heavy (non-hydrogen) atoms. The maximum atomic E-state index is 5.05. The first-order valence-corrected chi connectivity index (χ1v) is 11.2. The summed E-state index contributed by atoms with van der Waals surface area (Å²) in [6, 6.07) is 18.7. The van der Waals surface area contributed by atoms with Crippen LogP contribution in [0.15, 0.2) is 48.5 Å². The van der Waals surface area contributed by atoms with E-state index in [0.29, 0.717) is 18.0 Å². The second-order valence-corrected chi connectivity index (χ2v) is 9.04. The van der Waals surface area contributed by atoms with Crippen molar-refractivity contribution in [1.29, 1.82) is 0 Å². The largest absolute Gasteiger partial charge is 0.369 e. The van der Waals surface area contributed by atoms with E-state index in [1.807, 2.05) is 0 Å². The zero-order chi connectivity index (χ0) is 19.8. The number of fused-ring (bicyclic) bond motifs is 1. The summed E-state index contributed by atoms with van der Waals surface area (Å²) in [5, 5.41) is 10.1. The van der Waals surface area contributed by atoms with Crippen molar-refractivity contribution < 1.29 is 0 Å². The van der Waals surface area contributed by atoms with Crippen LogP contribution >= 0.6 is 0 Å². The molecule has 2 fully saturated rings. The zero-order valence-electron chi connectivity index (χ0n) is 17.6. The van der Waals surface area contributed by atoms with Crippen molar-refractivity contribution in [2.45, 2.75) is 57.5 Å². The minimum absolute atomic E-state index is 0.395. The van der Waals surface area contributed by atoms with E-state index in [2.05, 4.69) is 77.3 Å². The Labute approximate surface area is 173 Å². The number of anilines is 1. The van der Waals surface area contributed by atoms with Crippen molar-refractivity contribution in [2.75, 3.05) is 24.5 Å². The fourth-order valence-corrected chi connectivity index (χ4v) is 4.82. The van der Waals surface area contributed by atoms with E-state index in [9.17, 15) is 0 Å². The maximum Gasteiger partial charge on any atom is 0.0735 e. The van der Waals surface area contributed by atoms with Gasteiger partial charge in [0.05, 0.1) is 11.2 Å². The fraction of sp³-hybridized carbons (Fsp3) is 0.480. The van der Waals surface area contributed by atoms with Gasteiger partial charge in [0.15, 0.2) is 0 Å². The number of hydrogen-bond acceptors (Lipinski definition) is 3. The average Bonchev–Trinajstić information content (AvgIpc) is 3.06. The van der Waals surface area contributed by atoms with Crippen LogP contribution in [0.3, 0.4) is 0 Å². The molecular formula is C25H32N4. The van der Waals surface area contributed by atoms with Crippen LogP contribution in [0, 0.1) is 0 Å². The Balaban J connectivity index is 1.42. The Kier molecular flexibility index (Phi) is 5.04. The minimum Gasteiger partial charge on any atom is -0.369 e. The first kappa shape index (κ1) is 18.7. The van der Waals surface area contributed by atoms with Crippen molar-refractivity contribution in [3.05, 3.63) is 59.8 Å². The molecule has 2 aromatic carbocycles. The molecular weight excluding hydrogens is 356 g/mol. The maximum absolute atomic E-state index is 5.05. The molecule has 4 heteroatoms. The highest BCUT2D eigenvalue weighted by atomic mass is 15.3. The first-order valence-electron chi connectivity index (χ1n) is 11.2. The molecule has 152 valence electrons. The highest BCUT2D eigenvalue weighted by molar-refractivity contribution is 5.86. The lowest BCUT2D eigenvalue weighted by atomic mass is 9.82. The smallest absolute Gasteiger partial charge is 0.0735 e. The molecule has 3 aromatic rings. The van der Waals surface area contributed by atoms with E-state index in [1.54, 1.807) is 0 Å². The van der Waals surface area contributed by atoms with Gasteiger partial charge in [0.25, 0.3) is 0 Å². The van der Waals surface area contributed by atoms with Crippen molar-refractivity contribution in [1.82, 2.24) is 15.1 Å². The van der Waals surface area contributed by atoms with Crippen molar-refractivity contribution >= 4 is 16.6 Å². The Morgan fingerprint density at radius 2 is 1.93 bits per heavy atom. The zero-order valence-corrected chi connectivity index (χ0v) is 17.6. The Hall–Kier alpha value is -2.33. The van der Waals surface area contributed by atoms with Gasteiger partial charge in [-0.25, -0.2) is 0 Å². The van der Waals surface area contributed by atoms with Crippen LogP contribution in [-0.2, 0) is 6.42 Å². The highest BCUT2D eigenvalue weighted by Gasteiger charge is 2.27. The molecule has 2 aliphatic rings. The minimum atomic E-state index is 0.395. The van der Waals surface area contributed by atoms with Gasteiger partial charge in [-0.05, 0) is 56.9 Å². The van der Waals surface area contributed by atoms with Gasteiger partial charge >= 0.3 is 0 Å². The third kappa shape index (κ3) is 3.66. The predicted molar refractivity (Wildman–Crippen MR) is 121 cm³/mol. The molecule has 1 aliphatic heterocycles. The van der Waals surface area contributed by atoms with Gasteiger partial charge in [-0.3, -0.25) is 4.68 Å². The second kappa shape index (κ2) is 7.83. The molecule has 5 rings (SSSR count). The SMILES string of the molecule is CC(C)n1nc(C2CCC2)c2cc(N3CCNC(Cc4ccccc4)C3)ccc21. The van der Waals surface area contributed by atoms with Gasteiger partial charge in [-0.1, -0.05) is 36.8 Å². The number of nitrogens with one attached hydrogen (secondary N) is 1. The molecule has 0 radical (unpaired) electrons. The van der Waals surface area contributed by atoms with Crippen LogP contribution in [0.25, 0.3) is 10.9 Å². The number of nitrogens with zero attached hydrogens (tertiary/aromatic N) is 3.